The molecule has 0 aromatic heterocycles. The Morgan fingerprint density at radius 2 is 1.59 bits per heavy atom. The van der Waals surface area contributed by atoms with Gasteiger partial charge in [0.15, 0.2) is 6.10 Å². The predicted molar refractivity (Wildman–Crippen MR) is 125 cm³/mol. The molecule has 8 heteroatoms. The van der Waals surface area contributed by atoms with E-state index in [0.717, 1.165) is 35.1 Å². The average Bonchev–Trinajstić information content (AvgIpc) is 3.61. The molecule has 3 N–H and O–H groups in total. The van der Waals surface area contributed by atoms with E-state index in [-0.39, 0.29) is 31.5 Å². The quantitative estimate of drug-likeness (QED) is 0.469. The first kappa shape index (κ1) is 23.8. The molecule has 2 unspecified atom stereocenters. The van der Waals surface area contributed by atoms with Crippen LogP contribution in [0, 0.1) is 11.8 Å². The molecule has 2 aromatic carbocycles. The number of rotatable bonds is 11. The standard InChI is InChI=1S/C26H30N2O6/c1-33-23(25(30)31)14-27-24(29)17(12-16-10-11-16)13-28-26(32)34-15-22-20-8-4-2-6-18(20)19-7-3-5-9-21(19)22/h2-9,16-17,22-23H,10-15H2,1H3,(H,27,29)(H,28,32)(H,30,31). The summed E-state index contributed by atoms with van der Waals surface area (Å²) < 4.78 is 10.4. The molecule has 2 aliphatic carbocycles. The Morgan fingerprint density at radius 3 is 2.15 bits per heavy atom. The van der Waals surface area contributed by atoms with Gasteiger partial charge in [0, 0.05) is 19.6 Å². The molecule has 8 nitrogen and oxygen atoms in total. The predicted octanol–water partition coefficient (Wildman–Crippen LogP) is 3.16. The molecule has 0 bridgehead atoms. The van der Waals surface area contributed by atoms with Gasteiger partial charge in [-0.1, -0.05) is 61.4 Å². The summed E-state index contributed by atoms with van der Waals surface area (Å²) in [5.41, 5.74) is 4.58. The molecule has 1 fully saturated rings. The Bertz CT molecular complexity index is 1010. The number of benzene rings is 2. The fraction of sp³-hybridized carbons (Fsp3) is 0.423. The van der Waals surface area contributed by atoms with Crippen LogP contribution >= 0.6 is 0 Å². The normalized spacial score (nSPS) is 16.1. The van der Waals surface area contributed by atoms with Crippen LogP contribution in [0.25, 0.3) is 11.1 Å². The van der Waals surface area contributed by atoms with E-state index < -0.39 is 24.1 Å². The second-order valence-corrected chi connectivity index (χ2v) is 8.89. The number of carboxylic acid groups (broad SMARTS) is 1. The molecular weight excluding hydrogens is 436 g/mol. The number of aliphatic carboxylic acids is 1. The number of ether oxygens (including phenoxy) is 2. The largest absolute Gasteiger partial charge is 0.479 e. The maximum Gasteiger partial charge on any atom is 0.407 e. The van der Waals surface area contributed by atoms with Gasteiger partial charge in [-0.2, -0.15) is 0 Å². The number of methoxy groups -OCH3 is 1. The maximum absolute atomic E-state index is 12.7. The Morgan fingerprint density at radius 1 is 0.971 bits per heavy atom. The third-order valence-electron chi connectivity index (χ3n) is 6.54. The van der Waals surface area contributed by atoms with Crippen molar-refractivity contribution in [1.29, 1.82) is 0 Å². The van der Waals surface area contributed by atoms with Crippen LogP contribution in [0.5, 0.6) is 0 Å². The zero-order chi connectivity index (χ0) is 24.1. The number of amides is 2. The van der Waals surface area contributed by atoms with E-state index in [2.05, 4.69) is 34.9 Å². The maximum atomic E-state index is 12.7. The van der Waals surface area contributed by atoms with Gasteiger partial charge in [-0.15, -0.1) is 0 Å². The van der Waals surface area contributed by atoms with E-state index in [1.165, 1.54) is 7.11 Å². The van der Waals surface area contributed by atoms with Crippen molar-refractivity contribution in [2.45, 2.75) is 31.3 Å². The van der Waals surface area contributed by atoms with E-state index in [1.54, 1.807) is 0 Å². The highest BCUT2D eigenvalue weighted by molar-refractivity contribution is 5.81. The van der Waals surface area contributed by atoms with Crippen LogP contribution in [0.2, 0.25) is 0 Å². The number of hydrogen-bond donors (Lipinski definition) is 3. The monoisotopic (exact) mass is 466 g/mol. The molecule has 1 saturated carbocycles. The van der Waals surface area contributed by atoms with Gasteiger partial charge in [0.2, 0.25) is 5.91 Å². The number of alkyl carbamates (subject to hydrolysis) is 1. The SMILES string of the molecule is COC(CNC(=O)C(CNC(=O)OCC1c2ccccc2-c2ccccc21)CC1CC1)C(=O)O. The second-order valence-electron chi connectivity index (χ2n) is 8.89. The molecule has 0 heterocycles. The van der Waals surface area contributed by atoms with Crippen molar-refractivity contribution in [3.63, 3.8) is 0 Å². The molecule has 34 heavy (non-hydrogen) atoms. The van der Waals surface area contributed by atoms with E-state index in [1.807, 2.05) is 24.3 Å². The first-order chi connectivity index (χ1) is 16.5. The van der Waals surface area contributed by atoms with Gasteiger partial charge in [0.25, 0.3) is 0 Å². The Kier molecular flexibility index (Phi) is 7.47. The van der Waals surface area contributed by atoms with Crippen molar-refractivity contribution in [3.05, 3.63) is 59.7 Å². The summed E-state index contributed by atoms with van der Waals surface area (Å²) in [6, 6.07) is 16.2. The summed E-state index contributed by atoms with van der Waals surface area (Å²) in [5, 5.41) is 14.4. The minimum Gasteiger partial charge on any atom is -0.479 e. The Balaban J connectivity index is 1.31. The molecule has 2 atom stereocenters. The first-order valence-electron chi connectivity index (χ1n) is 11.6. The summed E-state index contributed by atoms with van der Waals surface area (Å²) in [5.74, 6) is -1.48. The molecule has 0 spiro atoms. The van der Waals surface area contributed by atoms with Crippen molar-refractivity contribution in [2.75, 3.05) is 26.8 Å². The number of fused-ring (bicyclic) bond motifs is 3. The van der Waals surface area contributed by atoms with Crippen molar-refractivity contribution in [1.82, 2.24) is 10.6 Å². The lowest BCUT2D eigenvalue weighted by Gasteiger charge is -2.19. The van der Waals surface area contributed by atoms with Gasteiger partial charge >= 0.3 is 12.1 Å². The van der Waals surface area contributed by atoms with Crippen LogP contribution in [0.1, 0.15) is 36.3 Å². The van der Waals surface area contributed by atoms with Crippen LogP contribution in [-0.4, -0.2) is 56.0 Å². The number of carbonyl (C=O) groups is 3. The van der Waals surface area contributed by atoms with Crippen LogP contribution < -0.4 is 10.6 Å². The van der Waals surface area contributed by atoms with E-state index in [4.69, 9.17) is 14.6 Å². The summed E-state index contributed by atoms with van der Waals surface area (Å²) in [6.07, 6.45) is 1.08. The highest BCUT2D eigenvalue weighted by Crippen LogP contribution is 2.44. The molecule has 180 valence electrons. The zero-order valence-corrected chi connectivity index (χ0v) is 19.2. The third-order valence-corrected chi connectivity index (χ3v) is 6.54. The minimum atomic E-state index is -1.14. The Hall–Kier alpha value is -3.39. The van der Waals surface area contributed by atoms with Crippen LogP contribution in [0.4, 0.5) is 4.79 Å². The fourth-order valence-electron chi connectivity index (χ4n) is 4.50. The van der Waals surface area contributed by atoms with Crippen molar-refractivity contribution >= 4 is 18.0 Å². The van der Waals surface area contributed by atoms with Gasteiger partial charge < -0.3 is 25.2 Å². The second kappa shape index (κ2) is 10.7. The first-order valence-corrected chi connectivity index (χ1v) is 11.6. The molecular formula is C26H30N2O6. The van der Waals surface area contributed by atoms with Gasteiger partial charge in [0.1, 0.15) is 6.61 Å². The van der Waals surface area contributed by atoms with Crippen molar-refractivity contribution in [2.24, 2.45) is 11.8 Å². The molecule has 0 aliphatic heterocycles. The topological polar surface area (TPSA) is 114 Å². The lowest BCUT2D eigenvalue weighted by molar-refractivity contribution is -0.148. The molecule has 0 radical (unpaired) electrons. The van der Waals surface area contributed by atoms with Gasteiger partial charge in [-0.05, 0) is 34.6 Å². The average molecular weight is 467 g/mol. The molecule has 2 aliphatic rings. The highest BCUT2D eigenvalue weighted by Gasteiger charge is 2.31. The highest BCUT2D eigenvalue weighted by atomic mass is 16.5. The molecule has 0 saturated heterocycles. The minimum absolute atomic E-state index is 0.0364. The van der Waals surface area contributed by atoms with Crippen molar-refractivity contribution < 1.29 is 29.0 Å². The van der Waals surface area contributed by atoms with Crippen molar-refractivity contribution in [3.8, 4) is 11.1 Å². The van der Waals surface area contributed by atoms with Crippen LogP contribution in [-0.2, 0) is 19.1 Å². The van der Waals surface area contributed by atoms with Gasteiger partial charge in [0.05, 0.1) is 12.5 Å². The van der Waals surface area contributed by atoms with Crippen LogP contribution in [0.3, 0.4) is 0 Å². The van der Waals surface area contributed by atoms with E-state index in [0.29, 0.717) is 12.3 Å². The lowest BCUT2D eigenvalue weighted by atomic mass is 9.98. The summed E-state index contributed by atoms with van der Waals surface area (Å²) in [7, 11) is 1.28. The lowest BCUT2D eigenvalue weighted by Crippen LogP contribution is -2.44. The fourth-order valence-corrected chi connectivity index (χ4v) is 4.50. The molecule has 4 rings (SSSR count). The number of carbonyl (C=O) groups excluding carboxylic acids is 2. The molecule has 2 amide bonds. The summed E-state index contributed by atoms with van der Waals surface area (Å²) in [4.78, 5) is 36.2. The Labute approximate surface area is 198 Å². The van der Waals surface area contributed by atoms with Gasteiger partial charge in [-0.25, -0.2) is 9.59 Å². The third kappa shape index (κ3) is 5.56. The van der Waals surface area contributed by atoms with E-state index >= 15 is 0 Å². The van der Waals surface area contributed by atoms with E-state index in [9.17, 15) is 14.4 Å². The molecule has 2 aromatic rings. The van der Waals surface area contributed by atoms with Gasteiger partial charge in [-0.3, -0.25) is 4.79 Å². The summed E-state index contributed by atoms with van der Waals surface area (Å²) in [6.45, 7) is 0.202. The zero-order valence-electron chi connectivity index (χ0n) is 19.2. The number of hydrogen-bond acceptors (Lipinski definition) is 5. The summed E-state index contributed by atoms with van der Waals surface area (Å²) >= 11 is 0. The van der Waals surface area contributed by atoms with Crippen LogP contribution in [0.15, 0.2) is 48.5 Å². The number of carboxylic acids is 1. The number of nitrogens with one attached hydrogen (secondary N) is 2. The smallest absolute Gasteiger partial charge is 0.407 e.